The number of fused-ring (bicyclic) bond motifs is 5. The Bertz CT molecular complexity index is 1810. The second-order valence-electron chi connectivity index (χ2n) is 8.64. The van der Waals surface area contributed by atoms with Crippen LogP contribution in [-0.4, -0.2) is 4.98 Å². The molecular formula is C32H21N. The standard InChI is InChI=1S/C32H21N/c1-2-10-21(11-3-1)30-24-14-5-4-12-22(24)20-23-13-8-16-25(31(23)30)26-17-9-19-29-32(26)27-15-6-7-18-28(27)33-29/h1-20,33H. The summed E-state index contributed by atoms with van der Waals surface area (Å²) in [6, 6.07) is 43.8. The first-order valence-electron chi connectivity index (χ1n) is 11.4. The zero-order chi connectivity index (χ0) is 21.8. The predicted octanol–water partition coefficient (Wildman–Crippen LogP) is 8.96. The molecule has 1 nitrogen and oxygen atoms in total. The van der Waals surface area contributed by atoms with Crippen LogP contribution < -0.4 is 0 Å². The maximum Gasteiger partial charge on any atom is 0.0471 e. The van der Waals surface area contributed by atoms with Gasteiger partial charge in [0.1, 0.15) is 0 Å². The van der Waals surface area contributed by atoms with Gasteiger partial charge >= 0.3 is 0 Å². The summed E-state index contributed by atoms with van der Waals surface area (Å²) in [5, 5.41) is 7.68. The fourth-order valence-corrected chi connectivity index (χ4v) is 5.38. The van der Waals surface area contributed by atoms with Crippen molar-refractivity contribution in [1.82, 2.24) is 4.98 Å². The number of aromatic nitrogens is 1. The molecule has 0 fully saturated rings. The van der Waals surface area contributed by atoms with Gasteiger partial charge in [0.05, 0.1) is 0 Å². The second kappa shape index (κ2) is 7.08. The highest BCUT2D eigenvalue weighted by atomic mass is 14.7. The third-order valence-electron chi connectivity index (χ3n) is 6.77. The third kappa shape index (κ3) is 2.73. The van der Waals surface area contributed by atoms with E-state index in [9.17, 15) is 0 Å². The van der Waals surface area contributed by atoms with Crippen molar-refractivity contribution in [1.29, 1.82) is 0 Å². The Morgan fingerprint density at radius 2 is 1.06 bits per heavy atom. The first-order valence-corrected chi connectivity index (χ1v) is 11.4. The van der Waals surface area contributed by atoms with Gasteiger partial charge in [-0.05, 0) is 62.0 Å². The van der Waals surface area contributed by atoms with E-state index in [4.69, 9.17) is 0 Å². The second-order valence-corrected chi connectivity index (χ2v) is 8.64. The molecule has 1 N–H and O–H groups in total. The lowest BCUT2D eigenvalue weighted by molar-refractivity contribution is 1.55. The minimum Gasteiger partial charge on any atom is -0.354 e. The molecule has 0 aliphatic heterocycles. The monoisotopic (exact) mass is 419 g/mol. The summed E-state index contributed by atoms with van der Waals surface area (Å²) in [6.07, 6.45) is 0. The Balaban J connectivity index is 1.69. The lowest BCUT2D eigenvalue weighted by atomic mass is 9.86. The molecule has 0 radical (unpaired) electrons. The van der Waals surface area contributed by atoms with Crippen molar-refractivity contribution < 1.29 is 0 Å². The highest BCUT2D eigenvalue weighted by Crippen LogP contribution is 2.44. The number of rotatable bonds is 2. The maximum absolute atomic E-state index is 3.61. The van der Waals surface area contributed by atoms with Crippen LogP contribution in [0.2, 0.25) is 0 Å². The molecule has 1 aromatic heterocycles. The van der Waals surface area contributed by atoms with Crippen molar-refractivity contribution >= 4 is 43.4 Å². The lowest BCUT2D eigenvalue weighted by Gasteiger charge is -2.16. The van der Waals surface area contributed by atoms with Gasteiger partial charge in [-0.2, -0.15) is 0 Å². The predicted molar refractivity (Wildman–Crippen MR) is 142 cm³/mol. The first-order chi connectivity index (χ1) is 16.4. The zero-order valence-electron chi connectivity index (χ0n) is 18.0. The minimum atomic E-state index is 1.17. The largest absolute Gasteiger partial charge is 0.354 e. The quantitative estimate of drug-likeness (QED) is 0.269. The average Bonchev–Trinajstić information content (AvgIpc) is 3.26. The molecule has 33 heavy (non-hydrogen) atoms. The molecule has 0 aliphatic carbocycles. The van der Waals surface area contributed by atoms with Crippen LogP contribution >= 0.6 is 0 Å². The van der Waals surface area contributed by atoms with Crippen LogP contribution in [0.5, 0.6) is 0 Å². The summed E-state index contributed by atoms with van der Waals surface area (Å²) in [6.45, 7) is 0. The third-order valence-corrected chi connectivity index (χ3v) is 6.77. The number of hydrogen-bond acceptors (Lipinski definition) is 0. The summed E-state index contributed by atoms with van der Waals surface area (Å²) in [4.78, 5) is 3.61. The first kappa shape index (κ1) is 18.2. The molecular weight excluding hydrogens is 398 g/mol. The van der Waals surface area contributed by atoms with Crippen molar-refractivity contribution in [2.45, 2.75) is 0 Å². The number of benzene rings is 6. The van der Waals surface area contributed by atoms with Crippen LogP contribution in [0.3, 0.4) is 0 Å². The molecule has 0 saturated heterocycles. The lowest BCUT2D eigenvalue weighted by Crippen LogP contribution is -1.89. The highest BCUT2D eigenvalue weighted by molar-refractivity contribution is 6.22. The summed E-state index contributed by atoms with van der Waals surface area (Å²) in [5.74, 6) is 0. The van der Waals surface area contributed by atoms with E-state index in [0.29, 0.717) is 0 Å². The molecule has 6 aromatic carbocycles. The fourth-order valence-electron chi connectivity index (χ4n) is 5.38. The van der Waals surface area contributed by atoms with Gasteiger partial charge in [-0.3, -0.25) is 0 Å². The number of hydrogen-bond donors (Lipinski definition) is 1. The number of H-pyrrole nitrogens is 1. The number of aromatic amines is 1. The molecule has 0 aliphatic rings. The summed E-state index contributed by atoms with van der Waals surface area (Å²) in [5.41, 5.74) is 7.44. The molecule has 1 heteroatoms. The topological polar surface area (TPSA) is 15.8 Å². The number of nitrogens with one attached hydrogen (secondary N) is 1. The van der Waals surface area contributed by atoms with Gasteiger partial charge in [0, 0.05) is 21.8 Å². The molecule has 7 aromatic rings. The van der Waals surface area contributed by atoms with E-state index in [1.807, 2.05) is 0 Å². The minimum absolute atomic E-state index is 1.17. The van der Waals surface area contributed by atoms with Crippen molar-refractivity contribution in [2.75, 3.05) is 0 Å². The van der Waals surface area contributed by atoms with Gasteiger partial charge in [0.2, 0.25) is 0 Å². The Labute approximate surface area is 191 Å². The van der Waals surface area contributed by atoms with E-state index >= 15 is 0 Å². The zero-order valence-corrected chi connectivity index (χ0v) is 18.0. The van der Waals surface area contributed by atoms with Crippen molar-refractivity contribution in [2.24, 2.45) is 0 Å². The molecule has 7 rings (SSSR count). The Hall–Kier alpha value is -4.36. The van der Waals surface area contributed by atoms with E-state index in [1.165, 1.54) is 65.6 Å². The molecule has 0 saturated carbocycles. The van der Waals surface area contributed by atoms with Crippen LogP contribution in [-0.2, 0) is 0 Å². The summed E-state index contributed by atoms with van der Waals surface area (Å²) >= 11 is 0. The van der Waals surface area contributed by atoms with E-state index in [2.05, 4.69) is 126 Å². The Morgan fingerprint density at radius 1 is 0.424 bits per heavy atom. The molecule has 0 spiro atoms. The molecule has 154 valence electrons. The number of para-hydroxylation sites is 1. The summed E-state index contributed by atoms with van der Waals surface area (Å²) in [7, 11) is 0. The molecule has 1 heterocycles. The van der Waals surface area contributed by atoms with Gasteiger partial charge in [0.15, 0.2) is 0 Å². The van der Waals surface area contributed by atoms with Gasteiger partial charge in [0.25, 0.3) is 0 Å². The Kier molecular flexibility index (Phi) is 3.91. The van der Waals surface area contributed by atoms with Gasteiger partial charge < -0.3 is 4.98 Å². The van der Waals surface area contributed by atoms with Crippen LogP contribution in [0.4, 0.5) is 0 Å². The molecule has 0 amide bonds. The van der Waals surface area contributed by atoms with E-state index in [0.717, 1.165) is 0 Å². The van der Waals surface area contributed by atoms with Crippen molar-refractivity contribution in [3.05, 3.63) is 121 Å². The average molecular weight is 420 g/mol. The highest BCUT2D eigenvalue weighted by Gasteiger charge is 2.17. The van der Waals surface area contributed by atoms with Crippen LogP contribution in [0.25, 0.3) is 65.6 Å². The van der Waals surface area contributed by atoms with Crippen molar-refractivity contribution in [3.8, 4) is 22.3 Å². The maximum atomic E-state index is 3.61. The van der Waals surface area contributed by atoms with E-state index < -0.39 is 0 Å². The fraction of sp³-hybridized carbons (Fsp3) is 0. The molecule has 0 unspecified atom stereocenters. The van der Waals surface area contributed by atoms with Crippen LogP contribution in [0, 0.1) is 0 Å². The van der Waals surface area contributed by atoms with Gasteiger partial charge in [-0.1, -0.05) is 103 Å². The van der Waals surface area contributed by atoms with Crippen molar-refractivity contribution in [3.63, 3.8) is 0 Å². The SMILES string of the molecule is c1ccc(-c2c3ccccc3cc3cccc(-c4cccc5[nH]c6ccccc6c45)c23)cc1. The van der Waals surface area contributed by atoms with Crippen LogP contribution in [0.15, 0.2) is 121 Å². The molecule has 0 bridgehead atoms. The van der Waals surface area contributed by atoms with Crippen LogP contribution in [0.1, 0.15) is 0 Å². The normalized spacial score (nSPS) is 11.6. The summed E-state index contributed by atoms with van der Waals surface area (Å²) < 4.78 is 0. The smallest absolute Gasteiger partial charge is 0.0471 e. The Morgan fingerprint density at radius 3 is 1.94 bits per heavy atom. The van der Waals surface area contributed by atoms with E-state index in [-0.39, 0.29) is 0 Å². The van der Waals surface area contributed by atoms with Gasteiger partial charge in [-0.15, -0.1) is 0 Å². The van der Waals surface area contributed by atoms with Gasteiger partial charge in [-0.25, -0.2) is 0 Å². The molecule has 0 atom stereocenters. The van der Waals surface area contributed by atoms with E-state index in [1.54, 1.807) is 0 Å².